The quantitative estimate of drug-likeness (QED) is 0.140. The van der Waals surface area contributed by atoms with Gasteiger partial charge in [0.05, 0.1) is 0 Å². The Balaban J connectivity index is 4.82. The molecule has 0 fully saturated rings. The molecule has 194 valence electrons. The summed E-state index contributed by atoms with van der Waals surface area (Å²) in [5.74, 6) is 0. The van der Waals surface area contributed by atoms with Crippen LogP contribution in [0.15, 0.2) is 0 Å². The van der Waals surface area contributed by atoms with Crippen molar-refractivity contribution in [2.24, 2.45) is 0 Å². The topological polar surface area (TPSA) is 134 Å². The highest BCUT2D eigenvalue weighted by Crippen LogP contribution is 2.16. The predicted octanol–water partition coefficient (Wildman–Crippen LogP) is 5.18. The molecule has 0 heterocycles. The van der Waals surface area contributed by atoms with Crippen molar-refractivity contribution in [3.8, 4) is 0 Å². The largest absolute Gasteiger partial charge is 0.540 e. The molecule has 0 atom stereocenters. The molecule has 0 amide bonds. The zero-order chi connectivity index (χ0) is 25.7. The number of carbonyl (C=O) groups is 3. The van der Waals surface area contributed by atoms with E-state index in [0.29, 0.717) is 19.3 Å². The summed E-state index contributed by atoms with van der Waals surface area (Å²) in [5, 5.41) is 0. The number of rotatable bonds is 14. The first-order chi connectivity index (χ1) is 15.1. The summed E-state index contributed by atoms with van der Waals surface area (Å²) in [4.78, 5) is 64.1. The molecular weight excluding hydrogens is 444 g/mol. The molecule has 33 heavy (non-hydrogen) atoms. The van der Waals surface area contributed by atoms with E-state index in [4.69, 9.17) is 28.9 Å². The van der Waals surface area contributed by atoms with Gasteiger partial charge in [-0.25, -0.2) is 14.4 Å². The standard InChI is InChI=1S/C21H38O12/c1-10-19(4,5)31-28-16(22)25-13-15(27-18(24)30-33-21(8,9)12-3)14-26-17(23)29-32-20(6,7)11-2/h15H,10-14H2,1-9H3. The second-order valence-corrected chi connectivity index (χ2v) is 8.95. The first-order valence-electron chi connectivity index (χ1n) is 10.8. The maximum Gasteiger partial charge on any atom is 0.540 e. The van der Waals surface area contributed by atoms with Gasteiger partial charge in [0, 0.05) is 0 Å². The van der Waals surface area contributed by atoms with E-state index in [1.165, 1.54) is 0 Å². The van der Waals surface area contributed by atoms with Gasteiger partial charge in [0.25, 0.3) is 0 Å². The van der Waals surface area contributed by atoms with Crippen molar-refractivity contribution in [1.29, 1.82) is 0 Å². The molecule has 0 aliphatic heterocycles. The summed E-state index contributed by atoms with van der Waals surface area (Å²) in [6, 6.07) is 0. The third kappa shape index (κ3) is 15.2. The Morgan fingerprint density at radius 3 is 1.18 bits per heavy atom. The molecule has 0 bridgehead atoms. The lowest BCUT2D eigenvalue weighted by Gasteiger charge is -2.22. The van der Waals surface area contributed by atoms with E-state index in [-0.39, 0.29) is 0 Å². The fourth-order valence-electron chi connectivity index (χ4n) is 1.26. The van der Waals surface area contributed by atoms with Gasteiger partial charge in [0.1, 0.15) is 30.0 Å². The summed E-state index contributed by atoms with van der Waals surface area (Å²) in [6.07, 6.45) is -3.19. The zero-order valence-electron chi connectivity index (χ0n) is 21.0. The SMILES string of the molecule is CCC(C)(C)OOC(=O)OCC(COC(=O)OOC(C)(C)CC)OC(=O)OOC(C)(C)CC. The molecule has 0 unspecified atom stereocenters. The van der Waals surface area contributed by atoms with Crippen LogP contribution in [0.25, 0.3) is 0 Å². The van der Waals surface area contributed by atoms with Crippen LogP contribution in [0.5, 0.6) is 0 Å². The third-order valence-corrected chi connectivity index (χ3v) is 4.60. The van der Waals surface area contributed by atoms with Gasteiger partial charge in [-0.15, -0.1) is 0 Å². The number of carbonyl (C=O) groups excluding carboxylic acids is 3. The van der Waals surface area contributed by atoms with Crippen molar-refractivity contribution in [3.63, 3.8) is 0 Å². The highest BCUT2D eigenvalue weighted by Gasteiger charge is 2.27. The van der Waals surface area contributed by atoms with Crippen molar-refractivity contribution in [1.82, 2.24) is 0 Å². The van der Waals surface area contributed by atoms with E-state index in [9.17, 15) is 14.4 Å². The van der Waals surface area contributed by atoms with Crippen LogP contribution in [0.2, 0.25) is 0 Å². The third-order valence-electron chi connectivity index (χ3n) is 4.60. The van der Waals surface area contributed by atoms with Crippen LogP contribution in [0.4, 0.5) is 14.4 Å². The van der Waals surface area contributed by atoms with Gasteiger partial charge in [-0.2, -0.15) is 14.7 Å². The second-order valence-electron chi connectivity index (χ2n) is 8.95. The molecule has 0 aromatic heterocycles. The van der Waals surface area contributed by atoms with Crippen molar-refractivity contribution in [2.45, 2.75) is 104 Å². The van der Waals surface area contributed by atoms with Crippen molar-refractivity contribution < 1.29 is 57.9 Å². The van der Waals surface area contributed by atoms with Gasteiger partial charge in [-0.3, -0.25) is 14.7 Å². The molecule has 0 aliphatic carbocycles. The highest BCUT2D eigenvalue weighted by molar-refractivity contribution is 5.61. The molecule has 0 N–H and O–H groups in total. The predicted molar refractivity (Wildman–Crippen MR) is 113 cm³/mol. The van der Waals surface area contributed by atoms with E-state index >= 15 is 0 Å². The Hall–Kier alpha value is -2.31. The summed E-state index contributed by atoms with van der Waals surface area (Å²) < 4.78 is 14.7. The van der Waals surface area contributed by atoms with Crippen LogP contribution in [0.1, 0.15) is 81.6 Å². The highest BCUT2D eigenvalue weighted by atomic mass is 17.2. The molecule has 0 saturated heterocycles. The number of ether oxygens (including phenoxy) is 3. The fourth-order valence-corrected chi connectivity index (χ4v) is 1.26. The Morgan fingerprint density at radius 1 is 0.576 bits per heavy atom. The van der Waals surface area contributed by atoms with Crippen molar-refractivity contribution in [2.75, 3.05) is 13.2 Å². The molecule has 12 nitrogen and oxygen atoms in total. The Bertz CT molecular complexity index is 578. The van der Waals surface area contributed by atoms with Crippen molar-refractivity contribution in [3.05, 3.63) is 0 Å². The molecule has 0 aliphatic rings. The number of hydrogen-bond donors (Lipinski definition) is 0. The first-order valence-corrected chi connectivity index (χ1v) is 10.8. The maximum absolute atomic E-state index is 11.9. The van der Waals surface area contributed by atoms with E-state index in [2.05, 4.69) is 14.7 Å². The Morgan fingerprint density at radius 2 is 0.879 bits per heavy atom. The van der Waals surface area contributed by atoms with Gasteiger partial charge < -0.3 is 14.2 Å². The Kier molecular flexibility index (Phi) is 13.1. The van der Waals surface area contributed by atoms with Gasteiger partial charge in [0.2, 0.25) is 0 Å². The van der Waals surface area contributed by atoms with Gasteiger partial charge in [0.15, 0.2) is 6.10 Å². The minimum atomic E-state index is -1.27. The molecule has 0 spiro atoms. The average molecular weight is 483 g/mol. The fraction of sp³-hybridized carbons (Fsp3) is 0.857. The lowest BCUT2D eigenvalue weighted by molar-refractivity contribution is -0.325. The molecule has 12 heteroatoms. The van der Waals surface area contributed by atoms with Crippen LogP contribution < -0.4 is 0 Å². The van der Waals surface area contributed by atoms with Gasteiger partial charge in [-0.05, 0) is 60.8 Å². The zero-order valence-corrected chi connectivity index (χ0v) is 21.0. The number of hydrogen-bond acceptors (Lipinski definition) is 12. The van der Waals surface area contributed by atoms with Crippen LogP contribution >= 0.6 is 0 Å². The molecule has 0 saturated carbocycles. The first kappa shape index (κ1) is 30.7. The lowest BCUT2D eigenvalue weighted by atomic mass is 10.1. The molecular formula is C21H38O12. The van der Waals surface area contributed by atoms with E-state index in [0.717, 1.165) is 0 Å². The lowest BCUT2D eigenvalue weighted by Crippen LogP contribution is -2.34. The van der Waals surface area contributed by atoms with Crippen LogP contribution in [-0.4, -0.2) is 54.6 Å². The van der Waals surface area contributed by atoms with Crippen molar-refractivity contribution >= 4 is 18.5 Å². The monoisotopic (exact) mass is 482 g/mol. The van der Waals surface area contributed by atoms with E-state index < -0.39 is 54.6 Å². The smallest absolute Gasteiger partial charge is 0.428 e. The van der Waals surface area contributed by atoms with Gasteiger partial charge >= 0.3 is 18.5 Å². The summed E-state index contributed by atoms with van der Waals surface area (Å²) in [6.45, 7) is 14.7. The summed E-state index contributed by atoms with van der Waals surface area (Å²) >= 11 is 0. The molecule has 0 rings (SSSR count). The Labute approximate surface area is 194 Å². The van der Waals surface area contributed by atoms with E-state index in [1.807, 2.05) is 20.8 Å². The summed E-state index contributed by atoms with van der Waals surface area (Å²) in [7, 11) is 0. The van der Waals surface area contributed by atoms with Crippen LogP contribution in [-0.2, 0) is 43.5 Å². The minimum absolute atomic E-state index is 0.546. The molecule has 0 radical (unpaired) electrons. The maximum atomic E-state index is 11.9. The van der Waals surface area contributed by atoms with Crippen LogP contribution in [0.3, 0.4) is 0 Å². The average Bonchev–Trinajstić information content (AvgIpc) is 2.76. The van der Waals surface area contributed by atoms with Gasteiger partial charge in [-0.1, -0.05) is 20.8 Å². The van der Waals surface area contributed by atoms with Crippen LogP contribution in [0, 0.1) is 0 Å². The minimum Gasteiger partial charge on any atom is -0.428 e. The molecule has 0 aromatic carbocycles. The second kappa shape index (κ2) is 14.1. The summed E-state index contributed by atoms with van der Waals surface area (Å²) in [5.41, 5.74) is -2.19. The molecule has 0 aromatic rings. The normalized spacial score (nSPS) is 12.2. The van der Waals surface area contributed by atoms with E-state index in [1.54, 1.807) is 41.5 Å².